The van der Waals surface area contributed by atoms with E-state index in [4.69, 9.17) is 0 Å². The van der Waals surface area contributed by atoms with Crippen LogP contribution in [-0.4, -0.2) is 35.3 Å². The monoisotopic (exact) mass is 403 g/mol. The fourth-order valence-corrected chi connectivity index (χ4v) is 4.30. The zero-order chi connectivity index (χ0) is 20.9. The molecule has 1 atom stereocenters. The van der Waals surface area contributed by atoms with Gasteiger partial charge in [-0.05, 0) is 37.0 Å². The molecule has 1 aliphatic carbocycles. The summed E-state index contributed by atoms with van der Waals surface area (Å²) in [5.74, 6) is -1.17. The van der Waals surface area contributed by atoms with Crippen molar-refractivity contribution >= 4 is 17.8 Å². The number of unbranched alkanes of at least 4 members (excludes halogenated alkanes) is 1. The van der Waals surface area contributed by atoms with E-state index < -0.39 is 23.3 Å². The maximum absolute atomic E-state index is 13.4. The van der Waals surface area contributed by atoms with Crippen molar-refractivity contribution in [2.75, 3.05) is 6.54 Å². The van der Waals surface area contributed by atoms with Gasteiger partial charge in [0.2, 0.25) is 5.91 Å². The molecule has 1 unspecified atom stereocenters. The van der Waals surface area contributed by atoms with Crippen molar-refractivity contribution in [3.63, 3.8) is 0 Å². The summed E-state index contributed by atoms with van der Waals surface area (Å²) in [5.41, 5.74) is -0.707. The van der Waals surface area contributed by atoms with Gasteiger partial charge in [-0.2, -0.15) is 0 Å². The van der Waals surface area contributed by atoms with Crippen molar-refractivity contribution in [3.05, 3.63) is 35.6 Å². The molecular weight excluding hydrogens is 373 g/mol. The van der Waals surface area contributed by atoms with Crippen LogP contribution in [0.25, 0.3) is 0 Å². The lowest BCUT2D eigenvalue weighted by Crippen LogP contribution is -2.46. The minimum Gasteiger partial charge on any atom is -0.352 e. The molecule has 1 aliphatic heterocycles. The lowest BCUT2D eigenvalue weighted by Gasteiger charge is -2.27. The van der Waals surface area contributed by atoms with Crippen LogP contribution in [0.2, 0.25) is 0 Å². The summed E-state index contributed by atoms with van der Waals surface area (Å²) in [6, 6.07) is 5.14. The second kappa shape index (κ2) is 9.37. The molecule has 0 bridgehead atoms. The predicted molar refractivity (Wildman–Crippen MR) is 107 cm³/mol. The first kappa shape index (κ1) is 21.3. The third kappa shape index (κ3) is 4.77. The van der Waals surface area contributed by atoms with Crippen molar-refractivity contribution in [2.24, 2.45) is 0 Å². The van der Waals surface area contributed by atoms with Crippen LogP contribution in [0.1, 0.15) is 70.3 Å². The molecular formula is C22H30FN3O3. The van der Waals surface area contributed by atoms with E-state index in [0.717, 1.165) is 37.0 Å². The standard InChI is InChI=1S/C22H30FN3O3/c1-2-3-14-22(16-10-12-17(23)13-11-16)20(28)26(21(29)25-22)15-19(27)24-18-8-6-4-5-7-9-18/h10-13,18H,2-9,14-15H2,1H3,(H,24,27)(H,25,29). The number of urea groups is 1. The molecule has 1 aromatic carbocycles. The second-order valence-corrected chi connectivity index (χ2v) is 8.09. The molecule has 0 spiro atoms. The molecule has 1 heterocycles. The fourth-order valence-electron chi connectivity index (χ4n) is 4.30. The van der Waals surface area contributed by atoms with Crippen LogP contribution in [0, 0.1) is 5.82 Å². The van der Waals surface area contributed by atoms with E-state index in [0.29, 0.717) is 18.4 Å². The van der Waals surface area contributed by atoms with E-state index in [1.54, 1.807) is 0 Å². The van der Waals surface area contributed by atoms with Crippen LogP contribution in [-0.2, 0) is 15.1 Å². The van der Waals surface area contributed by atoms with Crippen LogP contribution < -0.4 is 10.6 Å². The Labute approximate surface area is 171 Å². The van der Waals surface area contributed by atoms with Crippen LogP contribution >= 0.6 is 0 Å². The van der Waals surface area contributed by atoms with Crippen molar-refractivity contribution < 1.29 is 18.8 Å². The quantitative estimate of drug-likeness (QED) is 0.539. The minimum atomic E-state index is -1.25. The van der Waals surface area contributed by atoms with Gasteiger partial charge in [0, 0.05) is 6.04 Å². The van der Waals surface area contributed by atoms with Crippen molar-refractivity contribution in [1.29, 1.82) is 0 Å². The van der Waals surface area contributed by atoms with Gasteiger partial charge in [0.15, 0.2) is 0 Å². The highest BCUT2D eigenvalue weighted by Crippen LogP contribution is 2.34. The third-order valence-corrected chi connectivity index (χ3v) is 5.94. The summed E-state index contributed by atoms with van der Waals surface area (Å²) in [5, 5.41) is 5.77. The lowest BCUT2D eigenvalue weighted by molar-refractivity contribution is -0.135. The summed E-state index contributed by atoms with van der Waals surface area (Å²) in [6.45, 7) is 1.70. The van der Waals surface area contributed by atoms with Gasteiger partial charge in [0.05, 0.1) is 0 Å². The number of hydrogen-bond acceptors (Lipinski definition) is 3. The van der Waals surface area contributed by atoms with Gasteiger partial charge < -0.3 is 10.6 Å². The normalized spacial score (nSPS) is 23.0. The lowest BCUT2D eigenvalue weighted by atomic mass is 9.85. The molecule has 6 nitrogen and oxygen atoms in total. The molecule has 4 amide bonds. The van der Waals surface area contributed by atoms with E-state index in [2.05, 4.69) is 10.6 Å². The number of benzene rings is 1. The predicted octanol–water partition coefficient (Wildman–Crippen LogP) is 3.60. The van der Waals surface area contributed by atoms with Gasteiger partial charge in [-0.25, -0.2) is 9.18 Å². The highest BCUT2D eigenvalue weighted by Gasteiger charge is 2.52. The van der Waals surface area contributed by atoms with E-state index >= 15 is 0 Å². The fraction of sp³-hybridized carbons (Fsp3) is 0.591. The van der Waals surface area contributed by atoms with E-state index in [-0.39, 0.29) is 18.5 Å². The molecule has 2 fully saturated rings. The maximum Gasteiger partial charge on any atom is 0.325 e. The number of halogens is 1. The Balaban J connectivity index is 1.74. The summed E-state index contributed by atoms with van der Waals surface area (Å²) in [6.07, 6.45) is 8.34. The third-order valence-electron chi connectivity index (χ3n) is 5.94. The Hall–Kier alpha value is -2.44. The van der Waals surface area contributed by atoms with Crippen LogP contribution in [0.15, 0.2) is 24.3 Å². The number of imide groups is 1. The average Bonchev–Trinajstić information content (AvgIpc) is 2.87. The summed E-state index contributed by atoms with van der Waals surface area (Å²) >= 11 is 0. The van der Waals surface area contributed by atoms with E-state index in [1.165, 1.54) is 37.1 Å². The first-order chi connectivity index (χ1) is 14.0. The number of amides is 4. The maximum atomic E-state index is 13.4. The molecule has 1 aromatic rings. The topological polar surface area (TPSA) is 78.5 Å². The Bertz CT molecular complexity index is 744. The largest absolute Gasteiger partial charge is 0.352 e. The number of hydrogen-bond donors (Lipinski definition) is 2. The molecule has 2 N–H and O–H groups in total. The number of carbonyl (C=O) groups excluding carboxylic acids is 3. The van der Waals surface area contributed by atoms with Gasteiger partial charge in [-0.1, -0.05) is 57.6 Å². The number of rotatable bonds is 7. The number of nitrogens with one attached hydrogen (secondary N) is 2. The summed E-state index contributed by atoms with van der Waals surface area (Å²) in [7, 11) is 0. The van der Waals surface area contributed by atoms with Crippen LogP contribution in [0.4, 0.5) is 9.18 Å². The number of carbonyl (C=O) groups is 3. The van der Waals surface area contributed by atoms with Gasteiger partial charge in [0.1, 0.15) is 17.9 Å². The Morgan fingerprint density at radius 1 is 1.17 bits per heavy atom. The highest BCUT2D eigenvalue weighted by atomic mass is 19.1. The summed E-state index contributed by atoms with van der Waals surface area (Å²) in [4.78, 5) is 39.4. The first-order valence-corrected chi connectivity index (χ1v) is 10.7. The minimum absolute atomic E-state index is 0.104. The van der Waals surface area contributed by atoms with Crippen molar-refractivity contribution in [3.8, 4) is 0 Å². The molecule has 2 aliphatic rings. The molecule has 158 valence electrons. The molecule has 3 rings (SSSR count). The van der Waals surface area contributed by atoms with Gasteiger partial charge in [-0.15, -0.1) is 0 Å². The smallest absolute Gasteiger partial charge is 0.325 e. The molecule has 29 heavy (non-hydrogen) atoms. The Morgan fingerprint density at radius 3 is 2.45 bits per heavy atom. The van der Waals surface area contributed by atoms with Gasteiger partial charge in [0.25, 0.3) is 5.91 Å². The van der Waals surface area contributed by atoms with Crippen molar-refractivity contribution in [2.45, 2.75) is 76.3 Å². The SMILES string of the molecule is CCCCC1(c2ccc(F)cc2)NC(=O)N(CC(=O)NC2CCCCCC2)C1=O. The van der Waals surface area contributed by atoms with E-state index in [1.807, 2.05) is 6.92 Å². The number of nitrogens with zero attached hydrogens (tertiary/aromatic N) is 1. The zero-order valence-electron chi connectivity index (χ0n) is 17.0. The Morgan fingerprint density at radius 2 is 1.83 bits per heavy atom. The van der Waals surface area contributed by atoms with Gasteiger partial charge >= 0.3 is 6.03 Å². The molecule has 7 heteroatoms. The summed E-state index contributed by atoms with van der Waals surface area (Å²) < 4.78 is 13.4. The van der Waals surface area contributed by atoms with Crippen LogP contribution in [0.5, 0.6) is 0 Å². The van der Waals surface area contributed by atoms with Gasteiger partial charge in [-0.3, -0.25) is 14.5 Å². The first-order valence-electron chi connectivity index (χ1n) is 10.7. The second-order valence-electron chi connectivity index (χ2n) is 8.09. The van der Waals surface area contributed by atoms with E-state index in [9.17, 15) is 18.8 Å². The zero-order valence-corrected chi connectivity index (χ0v) is 17.0. The highest BCUT2D eigenvalue weighted by molar-refractivity contribution is 6.09. The molecule has 0 radical (unpaired) electrons. The molecule has 1 saturated heterocycles. The Kier molecular flexibility index (Phi) is 6.87. The van der Waals surface area contributed by atoms with Crippen molar-refractivity contribution in [1.82, 2.24) is 15.5 Å². The van der Waals surface area contributed by atoms with Crippen LogP contribution in [0.3, 0.4) is 0 Å². The molecule has 1 saturated carbocycles. The molecule has 0 aromatic heterocycles. The average molecular weight is 403 g/mol.